The summed E-state index contributed by atoms with van der Waals surface area (Å²) in [5, 5.41) is 5.11. The van der Waals surface area contributed by atoms with Gasteiger partial charge in [-0.15, -0.1) is 0 Å². The van der Waals surface area contributed by atoms with Crippen LogP contribution in [-0.4, -0.2) is 91.7 Å². The third-order valence-corrected chi connectivity index (χ3v) is 10.5. The molecular formula is C47H53N5O11. The molecule has 1 saturated carbocycles. The van der Waals surface area contributed by atoms with E-state index in [9.17, 15) is 24.0 Å². The molecule has 0 bridgehead atoms. The van der Waals surface area contributed by atoms with Gasteiger partial charge in [0.25, 0.3) is 0 Å². The molecule has 0 radical (unpaired) electrons. The Kier molecular flexibility index (Phi) is 16.7. The van der Waals surface area contributed by atoms with Gasteiger partial charge in [0.15, 0.2) is 5.41 Å². The van der Waals surface area contributed by atoms with Gasteiger partial charge in [-0.1, -0.05) is 74.5 Å². The number of nitrogens with zero attached hydrogens (tertiary/aromatic N) is 2. The van der Waals surface area contributed by atoms with E-state index in [0.29, 0.717) is 47.0 Å². The number of likely N-dealkylation sites (N-methyl/N-ethyl adjacent to an activating group) is 2. The van der Waals surface area contributed by atoms with Gasteiger partial charge in [0, 0.05) is 26.2 Å². The zero-order valence-corrected chi connectivity index (χ0v) is 35.7. The number of ether oxygens (including phenoxy) is 4. The average molecular weight is 864 g/mol. The Hall–Kier alpha value is -6.91. The van der Waals surface area contributed by atoms with Crippen molar-refractivity contribution in [3.63, 3.8) is 0 Å². The first kappa shape index (κ1) is 47.1. The van der Waals surface area contributed by atoms with Crippen molar-refractivity contribution in [3.8, 4) is 23.0 Å². The zero-order valence-electron chi connectivity index (χ0n) is 35.7. The highest BCUT2D eigenvalue weighted by atomic mass is 16.6. The Labute approximate surface area is 366 Å². The molecule has 0 aliphatic heterocycles. The van der Waals surface area contributed by atoms with Crippen LogP contribution in [0.5, 0.6) is 23.0 Å². The smallest absolute Gasteiger partial charge is 0.327 e. The molecule has 4 aromatic carbocycles. The van der Waals surface area contributed by atoms with Crippen LogP contribution in [0.3, 0.4) is 0 Å². The number of carbonyl (C=O) groups is 7. The Balaban J connectivity index is 1.57. The Morgan fingerprint density at radius 2 is 0.984 bits per heavy atom. The van der Waals surface area contributed by atoms with Gasteiger partial charge in [-0.3, -0.25) is 33.6 Å². The van der Waals surface area contributed by atoms with Crippen LogP contribution < -0.4 is 25.8 Å². The maximum Gasteiger partial charge on any atom is 0.327 e. The molecule has 1 fully saturated rings. The van der Waals surface area contributed by atoms with Crippen molar-refractivity contribution in [2.75, 3.05) is 40.3 Å². The van der Waals surface area contributed by atoms with Crippen LogP contribution >= 0.6 is 0 Å². The van der Waals surface area contributed by atoms with E-state index in [1.807, 2.05) is 36.4 Å². The minimum atomic E-state index is -2.78. The van der Waals surface area contributed by atoms with Crippen molar-refractivity contribution in [1.29, 1.82) is 0 Å². The molecule has 4 atom stereocenters. The maximum absolute atomic E-state index is 15.3. The van der Waals surface area contributed by atoms with E-state index < -0.39 is 77.9 Å². The number of hydrogen-bond acceptors (Lipinski definition) is 13. The lowest BCUT2D eigenvalue weighted by Crippen LogP contribution is -2.76. The molecule has 5 rings (SSSR count). The van der Waals surface area contributed by atoms with Gasteiger partial charge in [0.05, 0.1) is 30.8 Å². The van der Waals surface area contributed by atoms with Gasteiger partial charge in [0.2, 0.25) is 17.7 Å². The van der Waals surface area contributed by atoms with Gasteiger partial charge in [-0.2, -0.15) is 0 Å². The number of carbonyl (C=O) groups excluding carboxylic acids is 7. The van der Waals surface area contributed by atoms with Crippen LogP contribution in [0.25, 0.3) is 0 Å². The molecule has 332 valence electrons. The van der Waals surface area contributed by atoms with Crippen molar-refractivity contribution < 1.29 is 52.5 Å². The second-order valence-electron chi connectivity index (χ2n) is 15.0. The number of nitrogens with one attached hydrogen (secondary N) is 2. The van der Waals surface area contributed by atoms with Gasteiger partial charge < -0.3 is 45.1 Å². The van der Waals surface area contributed by atoms with Crippen molar-refractivity contribution in [2.45, 2.75) is 39.8 Å². The second kappa shape index (κ2) is 22.3. The highest BCUT2D eigenvalue weighted by molar-refractivity contribution is 6.16. The van der Waals surface area contributed by atoms with Crippen LogP contribution in [0.2, 0.25) is 0 Å². The molecule has 4 aromatic rings. The summed E-state index contributed by atoms with van der Waals surface area (Å²) in [5.74, 6) is -12.2. The van der Waals surface area contributed by atoms with Gasteiger partial charge in [0.1, 0.15) is 23.0 Å². The standard InChI is InChI=1S/C47H53N5O11/c1-5-25-51(29-31-17-21-35(22-18-31)60-33-13-9-7-10-14-33)42(55)40-39(43(56)62-37(53)27-49-3)41(44(57)63-38(54)28-50-4)47(40,45(48)58)46(59)52(26-6-2)30-32-19-23-36(24-20-32)61-34-15-11-8-12-16-34/h7-24,39-41,49-50H,5-6,25-30H2,1-4H3,(H2,48,58). The number of para-hydroxylation sites is 2. The van der Waals surface area contributed by atoms with E-state index in [2.05, 4.69) is 10.6 Å². The lowest BCUT2D eigenvalue weighted by atomic mass is 9.44. The van der Waals surface area contributed by atoms with Crippen LogP contribution in [0.4, 0.5) is 0 Å². The molecule has 63 heavy (non-hydrogen) atoms. The summed E-state index contributed by atoms with van der Waals surface area (Å²) in [6, 6.07) is 31.9. The number of rotatable bonds is 21. The van der Waals surface area contributed by atoms with Gasteiger partial charge >= 0.3 is 23.9 Å². The molecule has 4 unspecified atom stereocenters. The average Bonchev–Trinajstić information content (AvgIpc) is 3.25. The number of hydrogen-bond donors (Lipinski definition) is 3. The van der Waals surface area contributed by atoms with Crippen molar-refractivity contribution in [3.05, 3.63) is 120 Å². The molecule has 3 amide bonds. The van der Waals surface area contributed by atoms with Gasteiger partial charge in [-0.25, -0.2) is 0 Å². The lowest BCUT2D eigenvalue weighted by Gasteiger charge is -2.55. The summed E-state index contributed by atoms with van der Waals surface area (Å²) in [6.07, 6.45) is 0.761. The third-order valence-electron chi connectivity index (χ3n) is 10.5. The third kappa shape index (κ3) is 11.3. The fourth-order valence-electron chi connectivity index (χ4n) is 7.72. The molecule has 1 aliphatic carbocycles. The molecule has 4 N–H and O–H groups in total. The first-order valence-electron chi connectivity index (χ1n) is 20.7. The summed E-state index contributed by atoms with van der Waals surface area (Å²) in [4.78, 5) is 101. The van der Waals surface area contributed by atoms with E-state index in [0.717, 1.165) is 0 Å². The van der Waals surface area contributed by atoms with Crippen molar-refractivity contribution in [2.24, 2.45) is 28.9 Å². The number of amides is 3. The second-order valence-corrected chi connectivity index (χ2v) is 15.0. The summed E-state index contributed by atoms with van der Waals surface area (Å²) < 4.78 is 22.1. The van der Waals surface area contributed by atoms with Gasteiger partial charge in [-0.05, 0) is 86.6 Å². The monoisotopic (exact) mass is 863 g/mol. The number of primary amides is 1. The lowest BCUT2D eigenvalue weighted by molar-refractivity contribution is -0.211. The van der Waals surface area contributed by atoms with E-state index in [4.69, 9.17) is 24.7 Å². The number of nitrogens with two attached hydrogens (primary N) is 1. The van der Waals surface area contributed by atoms with E-state index >= 15 is 9.59 Å². The molecule has 16 heteroatoms. The van der Waals surface area contributed by atoms with Crippen LogP contribution in [-0.2, 0) is 56.1 Å². The number of esters is 4. The fraction of sp³-hybridized carbons (Fsp3) is 0.340. The minimum Gasteiger partial charge on any atom is -0.457 e. The Bertz CT molecular complexity index is 2220. The summed E-state index contributed by atoms with van der Waals surface area (Å²) in [5.41, 5.74) is 4.62. The zero-order chi connectivity index (χ0) is 45.5. The largest absolute Gasteiger partial charge is 0.457 e. The molecule has 0 heterocycles. The minimum absolute atomic E-state index is 0.0172. The highest BCUT2D eigenvalue weighted by Crippen LogP contribution is 2.59. The van der Waals surface area contributed by atoms with Crippen LogP contribution in [0, 0.1) is 23.2 Å². The Morgan fingerprint density at radius 3 is 1.41 bits per heavy atom. The van der Waals surface area contributed by atoms with Crippen molar-refractivity contribution in [1.82, 2.24) is 20.4 Å². The van der Waals surface area contributed by atoms with Crippen LogP contribution in [0.1, 0.15) is 37.8 Å². The predicted molar refractivity (Wildman–Crippen MR) is 229 cm³/mol. The van der Waals surface area contributed by atoms with Crippen LogP contribution in [0.15, 0.2) is 109 Å². The molecular weight excluding hydrogens is 811 g/mol. The predicted octanol–water partition coefficient (Wildman–Crippen LogP) is 4.36. The molecule has 0 saturated heterocycles. The fourth-order valence-corrected chi connectivity index (χ4v) is 7.72. The molecule has 16 nitrogen and oxygen atoms in total. The summed E-state index contributed by atoms with van der Waals surface area (Å²) >= 11 is 0. The van der Waals surface area contributed by atoms with E-state index in [-0.39, 0.29) is 26.2 Å². The maximum atomic E-state index is 15.3. The van der Waals surface area contributed by atoms with E-state index in [1.165, 1.54) is 23.9 Å². The first-order valence-corrected chi connectivity index (χ1v) is 20.7. The topological polar surface area (TPSA) is 213 Å². The molecule has 0 aromatic heterocycles. The van der Waals surface area contributed by atoms with E-state index in [1.54, 1.807) is 86.6 Å². The quantitative estimate of drug-likeness (QED) is 0.0786. The first-order chi connectivity index (χ1) is 30.4. The highest BCUT2D eigenvalue weighted by Gasteiger charge is 2.78. The SMILES string of the molecule is CCCN(Cc1ccc(Oc2ccccc2)cc1)C(=O)C1C(C(=O)OC(=O)CNC)C(C(=O)OC(=O)CNC)C1(C(N)=O)C(=O)N(CCC)Cc1ccc(Oc2ccccc2)cc1. The Morgan fingerprint density at radius 1 is 0.571 bits per heavy atom. The molecule has 1 aliphatic rings. The summed E-state index contributed by atoms with van der Waals surface area (Å²) in [7, 11) is 2.85. The normalized spacial score (nSPS) is 17.6. The molecule has 0 spiro atoms. The summed E-state index contributed by atoms with van der Waals surface area (Å²) in [6.45, 7) is 2.60. The van der Waals surface area contributed by atoms with Crippen molar-refractivity contribution >= 4 is 41.6 Å². The number of benzene rings is 4.